The second-order valence-electron chi connectivity index (χ2n) is 4.79. The monoisotopic (exact) mass is 288 g/mol. The molecule has 1 aliphatic rings. The predicted octanol–water partition coefficient (Wildman–Crippen LogP) is 2.38. The maximum absolute atomic E-state index is 12.2. The van der Waals surface area contributed by atoms with Gasteiger partial charge in [-0.05, 0) is 31.9 Å². The van der Waals surface area contributed by atoms with Crippen molar-refractivity contribution < 1.29 is 9.90 Å². The highest BCUT2D eigenvalue weighted by molar-refractivity contribution is 6.33. The van der Waals surface area contributed by atoms with E-state index in [-0.39, 0.29) is 16.2 Å². The Morgan fingerprint density at radius 1 is 1.33 bits per heavy atom. The van der Waals surface area contributed by atoms with Gasteiger partial charge in [0.2, 0.25) is 0 Å². The number of piperidine rings is 1. The van der Waals surface area contributed by atoms with Crippen molar-refractivity contribution in [1.29, 1.82) is 0 Å². The molecule has 1 fully saturated rings. The van der Waals surface area contributed by atoms with E-state index in [0.717, 1.165) is 0 Å². The van der Waals surface area contributed by atoms with E-state index in [9.17, 15) is 9.90 Å². The largest absolute Gasteiger partial charge is 0.390 e. The predicted molar refractivity (Wildman–Crippen MR) is 70.0 cm³/mol. The molecule has 0 spiro atoms. The van der Waals surface area contributed by atoms with Crippen LogP contribution in [-0.2, 0) is 0 Å². The van der Waals surface area contributed by atoms with E-state index in [4.69, 9.17) is 23.2 Å². The van der Waals surface area contributed by atoms with Crippen LogP contribution in [0.3, 0.4) is 0 Å². The number of hydrogen-bond acceptors (Lipinski definition) is 3. The van der Waals surface area contributed by atoms with E-state index >= 15 is 0 Å². The fourth-order valence-electron chi connectivity index (χ4n) is 1.96. The van der Waals surface area contributed by atoms with Crippen LogP contribution in [0.25, 0.3) is 0 Å². The molecule has 0 aliphatic carbocycles. The standard InChI is InChI=1S/C12H14Cl2N2O2/c1-12(18)2-4-16(5-3-12)11(17)8-6-9(13)15-10(14)7-8/h6-7,18H,2-5H2,1H3. The zero-order valence-electron chi connectivity index (χ0n) is 9.99. The summed E-state index contributed by atoms with van der Waals surface area (Å²) in [5, 5.41) is 10.2. The smallest absolute Gasteiger partial charge is 0.254 e. The Kier molecular flexibility index (Phi) is 3.80. The molecule has 0 radical (unpaired) electrons. The summed E-state index contributed by atoms with van der Waals surface area (Å²) in [7, 11) is 0. The summed E-state index contributed by atoms with van der Waals surface area (Å²) in [6, 6.07) is 3.00. The number of nitrogens with zero attached hydrogens (tertiary/aromatic N) is 2. The maximum Gasteiger partial charge on any atom is 0.254 e. The molecule has 2 rings (SSSR count). The molecule has 1 amide bonds. The fraction of sp³-hybridized carbons (Fsp3) is 0.500. The molecule has 0 bridgehead atoms. The molecule has 0 aromatic carbocycles. The minimum absolute atomic E-state index is 0.128. The average Bonchev–Trinajstić information content (AvgIpc) is 2.27. The van der Waals surface area contributed by atoms with Gasteiger partial charge in [0, 0.05) is 18.7 Å². The van der Waals surface area contributed by atoms with Crippen molar-refractivity contribution in [3.8, 4) is 0 Å². The molecule has 0 unspecified atom stereocenters. The second kappa shape index (κ2) is 5.03. The van der Waals surface area contributed by atoms with E-state index in [1.54, 1.807) is 11.8 Å². The molecule has 0 atom stereocenters. The summed E-state index contributed by atoms with van der Waals surface area (Å²) >= 11 is 11.5. The second-order valence-corrected chi connectivity index (χ2v) is 5.56. The molecule has 4 nitrogen and oxygen atoms in total. The highest BCUT2D eigenvalue weighted by Gasteiger charge is 2.30. The molecule has 1 saturated heterocycles. The highest BCUT2D eigenvalue weighted by Crippen LogP contribution is 2.23. The van der Waals surface area contributed by atoms with Crippen LogP contribution in [0.5, 0.6) is 0 Å². The number of likely N-dealkylation sites (tertiary alicyclic amines) is 1. The zero-order valence-corrected chi connectivity index (χ0v) is 11.5. The Balaban J connectivity index is 2.12. The van der Waals surface area contributed by atoms with Gasteiger partial charge in [-0.3, -0.25) is 4.79 Å². The van der Waals surface area contributed by atoms with E-state index in [0.29, 0.717) is 31.5 Å². The lowest BCUT2D eigenvalue weighted by atomic mass is 9.93. The van der Waals surface area contributed by atoms with Crippen molar-refractivity contribution in [3.63, 3.8) is 0 Å². The van der Waals surface area contributed by atoms with Crippen LogP contribution in [0, 0.1) is 0 Å². The number of carbonyl (C=O) groups is 1. The Morgan fingerprint density at radius 2 is 1.83 bits per heavy atom. The van der Waals surface area contributed by atoms with Crippen LogP contribution in [-0.4, -0.2) is 39.6 Å². The Morgan fingerprint density at radius 3 is 2.33 bits per heavy atom. The van der Waals surface area contributed by atoms with E-state index in [1.807, 2.05) is 0 Å². The summed E-state index contributed by atoms with van der Waals surface area (Å²) < 4.78 is 0. The summed E-state index contributed by atoms with van der Waals surface area (Å²) in [4.78, 5) is 17.7. The minimum atomic E-state index is -0.676. The van der Waals surface area contributed by atoms with Crippen LogP contribution in [0.1, 0.15) is 30.1 Å². The van der Waals surface area contributed by atoms with Gasteiger partial charge in [-0.25, -0.2) is 4.98 Å². The number of aliphatic hydroxyl groups is 1. The van der Waals surface area contributed by atoms with Gasteiger partial charge in [-0.1, -0.05) is 23.2 Å². The molecule has 6 heteroatoms. The van der Waals surface area contributed by atoms with Gasteiger partial charge >= 0.3 is 0 Å². The van der Waals surface area contributed by atoms with Crippen molar-refractivity contribution >= 4 is 29.1 Å². The molecule has 0 saturated carbocycles. The van der Waals surface area contributed by atoms with Gasteiger partial charge in [-0.15, -0.1) is 0 Å². The summed E-state index contributed by atoms with van der Waals surface area (Å²) in [5.74, 6) is -0.128. The molecule has 1 aromatic rings. The minimum Gasteiger partial charge on any atom is -0.390 e. The fourth-order valence-corrected chi connectivity index (χ4v) is 2.42. The molecular formula is C12H14Cl2N2O2. The number of pyridine rings is 1. The van der Waals surface area contributed by atoms with Gasteiger partial charge < -0.3 is 10.0 Å². The van der Waals surface area contributed by atoms with Crippen LogP contribution >= 0.6 is 23.2 Å². The Bertz CT molecular complexity index is 447. The molecule has 2 heterocycles. The van der Waals surface area contributed by atoms with Crippen molar-refractivity contribution in [3.05, 3.63) is 28.0 Å². The van der Waals surface area contributed by atoms with Crippen molar-refractivity contribution in [2.45, 2.75) is 25.4 Å². The number of carbonyl (C=O) groups excluding carboxylic acids is 1. The SMILES string of the molecule is CC1(O)CCN(C(=O)c2cc(Cl)nc(Cl)c2)CC1. The first-order valence-corrected chi connectivity index (χ1v) is 6.48. The topological polar surface area (TPSA) is 53.4 Å². The molecule has 98 valence electrons. The Hall–Kier alpha value is -0.840. The molecule has 1 aromatic heterocycles. The van der Waals surface area contributed by atoms with Crippen LogP contribution in [0.2, 0.25) is 10.3 Å². The van der Waals surface area contributed by atoms with Crippen LogP contribution in [0.15, 0.2) is 12.1 Å². The van der Waals surface area contributed by atoms with Crippen molar-refractivity contribution in [2.75, 3.05) is 13.1 Å². The number of rotatable bonds is 1. The zero-order chi connectivity index (χ0) is 13.3. The molecule has 1 aliphatic heterocycles. The lowest BCUT2D eigenvalue weighted by Crippen LogP contribution is -2.45. The highest BCUT2D eigenvalue weighted by atomic mass is 35.5. The maximum atomic E-state index is 12.2. The van der Waals surface area contributed by atoms with E-state index in [2.05, 4.69) is 4.98 Å². The van der Waals surface area contributed by atoms with Crippen LogP contribution in [0.4, 0.5) is 0 Å². The Labute approximate surface area is 116 Å². The molecule has 1 N–H and O–H groups in total. The van der Waals surface area contributed by atoms with Gasteiger partial charge in [0.15, 0.2) is 0 Å². The van der Waals surface area contributed by atoms with Gasteiger partial charge in [0.1, 0.15) is 10.3 Å². The van der Waals surface area contributed by atoms with Crippen molar-refractivity contribution in [1.82, 2.24) is 9.88 Å². The molecular weight excluding hydrogens is 275 g/mol. The van der Waals surface area contributed by atoms with E-state index in [1.165, 1.54) is 12.1 Å². The summed E-state index contributed by atoms with van der Waals surface area (Å²) in [6.45, 7) is 2.85. The van der Waals surface area contributed by atoms with Gasteiger partial charge in [0.25, 0.3) is 5.91 Å². The first-order valence-electron chi connectivity index (χ1n) is 5.72. The number of aromatic nitrogens is 1. The third-order valence-electron chi connectivity index (χ3n) is 3.14. The summed E-state index contributed by atoms with van der Waals surface area (Å²) in [5.41, 5.74) is -0.244. The van der Waals surface area contributed by atoms with Gasteiger partial charge in [-0.2, -0.15) is 0 Å². The quantitative estimate of drug-likeness (QED) is 0.808. The van der Waals surface area contributed by atoms with E-state index < -0.39 is 5.60 Å². The molecule has 18 heavy (non-hydrogen) atoms. The van der Waals surface area contributed by atoms with Crippen molar-refractivity contribution in [2.24, 2.45) is 0 Å². The first-order chi connectivity index (χ1) is 8.37. The lowest BCUT2D eigenvalue weighted by molar-refractivity contribution is -0.00202. The normalized spacial score (nSPS) is 18.8. The lowest BCUT2D eigenvalue weighted by Gasteiger charge is -2.35. The third-order valence-corrected chi connectivity index (χ3v) is 3.52. The number of amides is 1. The summed E-state index contributed by atoms with van der Waals surface area (Å²) in [6.07, 6.45) is 1.15. The number of halogens is 2. The van der Waals surface area contributed by atoms with Gasteiger partial charge in [0.05, 0.1) is 5.60 Å². The average molecular weight is 289 g/mol. The number of hydrogen-bond donors (Lipinski definition) is 1. The van der Waals surface area contributed by atoms with Crippen LogP contribution < -0.4 is 0 Å². The first kappa shape index (κ1) is 13.6. The third kappa shape index (κ3) is 3.13.